The van der Waals surface area contributed by atoms with Crippen LogP contribution in [0.4, 0.5) is 19.0 Å². The van der Waals surface area contributed by atoms with Gasteiger partial charge in [0.05, 0.1) is 13.7 Å². The Morgan fingerprint density at radius 3 is 2.76 bits per heavy atom. The van der Waals surface area contributed by atoms with Crippen LogP contribution in [0.2, 0.25) is 0 Å². The lowest BCUT2D eigenvalue weighted by molar-refractivity contribution is -0.143. The lowest BCUT2D eigenvalue weighted by Gasteiger charge is -2.31. The van der Waals surface area contributed by atoms with Gasteiger partial charge in [0.15, 0.2) is 11.6 Å². The maximum Gasteiger partial charge on any atom is 0.325 e. The highest BCUT2D eigenvalue weighted by atomic mass is 19.3. The summed E-state index contributed by atoms with van der Waals surface area (Å²) in [6.45, 7) is 5.66. The minimum absolute atomic E-state index is 0.00356. The number of anilines is 1. The SMILES string of the molecule is COc1c(F)cc(C(C)C)cc1C(C(=O)O)N1CC[C@@H](N(CCCCCc2ccc3c(n2)NCCC3)CC(F)F)C1. The molecule has 2 N–H and O–H groups in total. The molecule has 1 unspecified atom stereocenters. The Balaban J connectivity index is 1.37. The Labute approximate surface area is 241 Å². The van der Waals surface area contributed by atoms with Crippen molar-refractivity contribution in [2.75, 3.05) is 45.2 Å². The minimum atomic E-state index is -2.48. The third-order valence-corrected chi connectivity index (χ3v) is 8.27. The molecule has 1 fully saturated rings. The largest absolute Gasteiger partial charge is 0.493 e. The van der Waals surface area contributed by atoms with E-state index in [9.17, 15) is 23.1 Å². The van der Waals surface area contributed by atoms with Crippen LogP contribution >= 0.6 is 0 Å². The van der Waals surface area contributed by atoms with E-state index in [1.54, 1.807) is 15.9 Å². The number of carboxylic acids is 1. The van der Waals surface area contributed by atoms with E-state index in [4.69, 9.17) is 9.72 Å². The van der Waals surface area contributed by atoms with Gasteiger partial charge in [0.25, 0.3) is 6.43 Å². The van der Waals surface area contributed by atoms with E-state index in [1.165, 1.54) is 18.7 Å². The zero-order valence-electron chi connectivity index (χ0n) is 24.3. The molecular formula is C31H43F3N4O3. The van der Waals surface area contributed by atoms with Crippen LogP contribution in [0.3, 0.4) is 0 Å². The second kappa shape index (κ2) is 14.4. The number of carbonyl (C=O) groups is 1. The number of aliphatic carboxylic acids is 1. The molecule has 0 saturated carbocycles. The standard InChI is InChI=1S/C31H43F3N4O3/c1-20(2)22-16-25(29(41-3)26(32)17-22)28(31(39)40)38-15-12-24(18-38)37(19-27(33)34)14-6-4-5-9-23-11-10-21-8-7-13-35-30(21)36-23/h10-11,16-17,20,24,27-28H,4-9,12-15,18-19H2,1-3H3,(H,35,36)(H,39,40)/t24-,28?/m1/s1. The highest BCUT2D eigenvalue weighted by molar-refractivity contribution is 5.77. The summed E-state index contributed by atoms with van der Waals surface area (Å²) in [6, 6.07) is 5.97. The maximum atomic E-state index is 14.9. The average Bonchev–Trinajstić information content (AvgIpc) is 3.41. The Morgan fingerprint density at radius 2 is 2.05 bits per heavy atom. The molecule has 41 heavy (non-hydrogen) atoms. The molecule has 3 heterocycles. The molecule has 1 saturated heterocycles. The molecule has 2 aliphatic heterocycles. The number of carboxylic acid groups (broad SMARTS) is 1. The Hall–Kier alpha value is -2.85. The monoisotopic (exact) mass is 576 g/mol. The number of hydrogen-bond acceptors (Lipinski definition) is 6. The van der Waals surface area contributed by atoms with Crippen LogP contribution in [0.25, 0.3) is 0 Å². The number of likely N-dealkylation sites (tertiary alicyclic amines) is 1. The van der Waals surface area contributed by atoms with E-state index in [-0.39, 0.29) is 29.8 Å². The first-order chi connectivity index (χ1) is 19.7. The smallest absolute Gasteiger partial charge is 0.325 e. The number of aromatic nitrogens is 1. The number of nitrogens with zero attached hydrogens (tertiary/aromatic N) is 3. The van der Waals surface area contributed by atoms with Gasteiger partial charge in [-0.1, -0.05) is 26.3 Å². The number of ether oxygens (including phenoxy) is 1. The van der Waals surface area contributed by atoms with Gasteiger partial charge in [0.2, 0.25) is 0 Å². The molecule has 4 rings (SSSR count). The van der Waals surface area contributed by atoms with Crippen molar-refractivity contribution in [3.05, 3.63) is 52.5 Å². The molecule has 10 heteroatoms. The molecule has 7 nitrogen and oxygen atoms in total. The first kappa shape index (κ1) is 31.1. The summed E-state index contributed by atoms with van der Waals surface area (Å²) in [5.41, 5.74) is 3.24. The van der Waals surface area contributed by atoms with Crippen molar-refractivity contribution in [2.45, 2.75) is 83.2 Å². The Kier molecular flexibility index (Phi) is 10.9. The predicted octanol–water partition coefficient (Wildman–Crippen LogP) is 5.89. The van der Waals surface area contributed by atoms with E-state index in [2.05, 4.69) is 17.4 Å². The molecule has 2 aromatic rings. The van der Waals surface area contributed by atoms with Crippen LogP contribution in [0.1, 0.15) is 80.3 Å². The molecule has 2 atom stereocenters. The van der Waals surface area contributed by atoms with E-state index in [0.29, 0.717) is 31.6 Å². The topological polar surface area (TPSA) is 77.9 Å². The number of alkyl halides is 2. The Bertz CT molecular complexity index is 1180. The van der Waals surface area contributed by atoms with Gasteiger partial charge in [-0.05, 0) is 80.3 Å². The fourth-order valence-electron chi connectivity index (χ4n) is 6.08. The van der Waals surface area contributed by atoms with Crippen molar-refractivity contribution >= 4 is 11.8 Å². The quantitative estimate of drug-likeness (QED) is 0.272. The van der Waals surface area contributed by atoms with E-state index in [0.717, 1.165) is 56.6 Å². The minimum Gasteiger partial charge on any atom is -0.493 e. The van der Waals surface area contributed by atoms with Crippen molar-refractivity contribution in [3.63, 3.8) is 0 Å². The number of fused-ring (bicyclic) bond motifs is 1. The van der Waals surface area contributed by atoms with Gasteiger partial charge in [-0.15, -0.1) is 0 Å². The number of benzene rings is 1. The number of halogens is 3. The zero-order valence-corrected chi connectivity index (χ0v) is 24.3. The first-order valence-electron chi connectivity index (χ1n) is 14.8. The molecule has 0 aliphatic carbocycles. The second-order valence-electron chi connectivity index (χ2n) is 11.5. The first-order valence-corrected chi connectivity index (χ1v) is 14.8. The fourth-order valence-corrected chi connectivity index (χ4v) is 6.08. The van der Waals surface area contributed by atoms with Crippen LogP contribution in [0.15, 0.2) is 24.3 Å². The molecule has 1 aromatic heterocycles. The number of hydrogen-bond donors (Lipinski definition) is 2. The summed E-state index contributed by atoms with van der Waals surface area (Å²) in [6.07, 6.45) is 3.68. The molecule has 0 bridgehead atoms. The van der Waals surface area contributed by atoms with Crippen LogP contribution in [-0.4, -0.2) is 78.2 Å². The van der Waals surface area contributed by atoms with Crippen LogP contribution in [-0.2, 0) is 17.6 Å². The summed E-state index contributed by atoms with van der Waals surface area (Å²) in [7, 11) is 1.32. The van der Waals surface area contributed by atoms with Gasteiger partial charge in [0, 0.05) is 36.9 Å². The summed E-state index contributed by atoms with van der Waals surface area (Å²) in [5.74, 6) is -0.818. The maximum absolute atomic E-state index is 14.9. The van der Waals surface area contributed by atoms with E-state index in [1.807, 2.05) is 13.8 Å². The van der Waals surface area contributed by atoms with Crippen molar-refractivity contribution < 1.29 is 27.8 Å². The number of aryl methyl sites for hydroxylation is 2. The van der Waals surface area contributed by atoms with E-state index >= 15 is 0 Å². The van der Waals surface area contributed by atoms with Crippen LogP contribution in [0, 0.1) is 5.82 Å². The number of rotatable bonds is 14. The number of nitrogens with one attached hydrogen (secondary N) is 1. The zero-order chi connectivity index (χ0) is 29.5. The second-order valence-corrected chi connectivity index (χ2v) is 11.5. The summed E-state index contributed by atoms with van der Waals surface area (Å²) in [4.78, 5) is 20.8. The molecule has 226 valence electrons. The lowest BCUT2D eigenvalue weighted by Crippen LogP contribution is -2.42. The summed E-state index contributed by atoms with van der Waals surface area (Å²) in [5, 5.41) is 13.6. The van der Waals surface area contributed by atoms with Gasteiger partial charge in [-0.25, -0.2) is 18.2 Å². The summed E-state index contributed by atoms with van der Waals surface area (Å²) < 4.78 is 47.3. The molecule has 0 spiro atoms. The van der Waals surface area contributed by atoms with Crippen molar-refractivity contribution in [1.29, 1.82) is 0 Å². The van der Waals surface area contributed by atoms with Crippen molar-refractivity contribution in [2.24, 2.45) is 0 Å². The van der Waals surface area contributed by atoms with Crippen molar-refractivity contribution in [3.8, 4) is 5.75 Å². The lowest BCUT2D eigenvalue weighted by atomic mass is 9.95. The highest BCUT2D eigenvalue weighted by Crippen LogP contribution is 2.37. The molecule has 0 radical (unpaired) electrons. The predicted molar refractivity (Wildman–Crippen MR) is 154 cm³/mol. The highest BCUT2D eigenvalue weighted by Gasteiger charge is 2.38. The van der Waals surface area contributed by atoms with Gasteiger partial charge >= 0.3 is 5.97 Å². The molecule has 2 aliphatic rings. The van der Waals surface area contributed by atoms with Gasteiger partial charge in [-0.3, -0.25) is 14.6 Å². The molecular weight excluding hydrogens is 533 g/mol. The third-order valence-electron chi connectivity index (χ3n) is 8.27. The number of unbranched alkanes of at least 4 members (excludes halogenated alkanes) is 2. The average molecular weight is 577 g/mol. The van der Waals surface area contributed by atoms with Gasteiger partial charge in [-0.2, -0.15) is 0 Å². The number of methoxy groups -OCH3 is 1. The van der Waals surface area contributed by atoms with Crippen LogP contribution in [0.5, 0.6) is 5.75 Å². The van der Waals surface area contributed by atoms with E-state index < -0.39 is 24.3 Å². The van der Waals surface area contributed by atoms with Gasteiger partial charge < -0.3 is 15.2 Å². The fraction of sp³-hybridized carbons (Fsp3) is 0.613. The molecule has 1 aromatic carbocycles. The Morgan fingerprint density at radius 1 is 1.24 bits per heavy atom. The number of pyridine rings is 1. The van der Waals surface area contributed by atoms with Gasteiger partial charge in [0.1, 0.15) is 11.9 Å². The van der Waals surface area contributed by atoms with Crippen LogP contribution < -0.4 is 10.1 Å². The van der Waals surface area contributed by atoms with Crippen molar-refractivity contribution in [1.82, 2.24) is 14.8 Å². The third kappa shape index (κ3) is 7.92. The normalized spacial score (nSPS) is 18.1. The summed E-state index contributed by atoms with van der Waals surface area (Å²) >= 11 is 0. The molecule has 0 amide bonds.